The lowest BCUT2D eigenvalue weighted by Crippen LogP contribution is -2.29. The third-order valence-corrected chi connectivity index (χ3v) is 3.77. The van der Waals surface area contributed by atoms with Crippen molar-refractivity contribution in [3.63, 3.8) is 0 Å². The van der Waals surface area contributed by atoms with Gasteiger partial charge in [0.1, 0.15) is 0 Å². The van der Waals surface area contributed by atoms with Gasteiger partial charge in [0.25, 0.3) is 0 Å². The summed E-state index contributed by atoms with van der Waals surface area (Å²) in [6, 6.07) is 0. The third kappa shape index (κ3) is 3.28. The summed E-state index contributed by atoms with van der Waals surface area (Å²) < 4.78 is 75.7. The Balaban J connectivity index is 2.15. The number of halogens is 6. The number of hydrogen-bond acceptors (Lipinski definition) is 3. The Labute approximate surface area is 116 Å². The summed E-state index contributed by atoms with van der Waals surface area (Å²) in [5.74, 6) is -2.03. The molecule has 21 heavy (non-hydrogen) atoms. The maximum Gasteiger partial charge on any atom is 0.451 e. The second-order valence-corrected chi connectivity index (χ2v) is 5.25. The highest BCUT2D eigenvalue weighted by molar-refractivity contribution is 5.16. The van der Waals surface area contributed by atoms with E-state index < -0.39 is 29.5 Å². The molecule has 0 amide bonds. The van der Waals surface area contributed by atoms with E-state index in [0.717, 1.165) is 12.4 Å². The summed E-state index contributed by atoms with van der Waals surface area (Å²) in [7, 11) is 0. The molecule has 2 N–H and O–H groups in total. The summed E-state index contributed by atoms with van der Waals surface area (Å²) in [5, 5.41) is 0. The first-order valence-corrected chi connectivity index (χ1v) is 6.25. The smallest absolute Gasteiger partial charge is 0.330 e. The van der Waals surface area contributed by atoms with Crippen molar-refractivity contribution in [2.75, 3.05) is 6.54 Å². The lowest BCUT2D eigenvalue weighted by molar-refractivity contribution is -0.190. The van der Waals surface area contributed by atoms with Crippen LogP contribution in [0.4, 0.5) is 26.3 Å². The van der Waals surface area contributed by atoms with Gasteiger partial charge in [-0.15, -0.1) is 0 Å². The van der Waals surface area contributed by atoms with Gasteiger partial charge in [0, 0.05) is 18.3 Å². The van der Waals surface area contributed by atoms with Crippen LogP contribution >= 0.6 is 0 Å². The van der Waals surface area contributed by atoms with Gasteiger partial charge < -0.3 is 5.73 Å². The molecule has 1 aromatic heterocycles. The predicted molar refractivity (Wildman–Crippen MR) is 61.2 cm³/mol. The van der Waals surface area contributed by atoms with E-state index in [-0.39, 0.29) is 31.4 Å². The number of alkyl halides is 6. The molecule has 0 radical (unpaired) electrons. The van der Waals surface area contributed by atoms with Crippen LogP contribution in [-0.4, -0.2) is 22.7 Å². The highest BCUT2D eigenvalue weighted by Crippen LogP contribution is 2.61. The number of nitrogens with two attached hydrogens (primary N) is 1. The van der Waals surface area contributed by atoms with E-state index in [1.54, 1.807) is 0 Å². The van der Waals surface area contributed by atoms with Crippen molar-refractivity contribution >= 4 is 0 Å². The zero-order chi connectivity index (χ0) is 15.9. The first-order valence-electron chi connectivity index (χ1n) is 6.25. The molecule has 3 nitrogen and oxygen atoms in total. The van der Waals surface area contributed by atoms with Crippen LogP contribution in [0.3, 0.4) is 0 Å². The van der Waals surface area contributed by atoms with Crippen molar-refractivity contribution in [3.05, 3.63) is 23.8 Å². The van der Waals surface area contributed by atoms with E-state index >= 15 is 0 Å². The maximum absolute atomic E-state index is 12.9. The van der Waals surface area contributed by atoms with Gasteiger partial charge in [-0.2, -0.15) is 26.3 Å². The summed E-state index contributed by atoms with van der Waals surface area (Å²) in [6.45, 7) is -0.105. The average molecular weight is 313 g/mol. The molecule has 0 spiro atoms. The van der Waals surface area contributed by atoms with Crippen LogP contribution in [0.2, 0.25) is 0 Å². The Hall–Kier alpha value is -1.38. The van der Waals surface area contributed by atoms with Crippen molar-refractivity contribution in [3.8, 4) is 0 Å². The fourth-order valence-corrected chi connectivity index (χ4v) is 2.26. The van der Waals surface area contributed by atoms with Gasteiger partial charge in [-0.05, 0) is 31.4 Å². The topological polar surface area (TPSA) is 51.8 Å². The van der Waals surface area contributed by atoms with Crippen LogP contribution in [0.15, 0.2) is 12.4 Å². The van der Waals surface area contributed by atoms with E-state index in [9.17, 15) is 26.3 Å². The minimum atomic E-state index is -4.68. The molecule has 0 unspecified atom stereocenters. The van der Waals surface area contributed by atoms with Crippen LogP contribution in [0.25, 0.3) is 0 Å². The van der Waals surface area contributed by atoms with E-state index in [0.29, 0.717) is 0 Å². The van der Waals surface area contributed by atoms with Crippen molar-refractivity contribution in [1.82, 2.24) is 9.97 Å². The van der Waals surface area contributed by atoms with Gasteiger partial charge in [0.15, 0.2) is 0 Å². The Kier molecular flexibility index (Phi) is 3.90. The Morgan fingerprint density at radius 2 is 1.62 bits per heavy atom. The average Bonchev–Trinajstić information content (AvgIpc) is 3.15. The van der Waals surface area contributed by atoms with Gasteiger partial charge in [0.05, 0.1) is 5.41 Å². The van der Waals surface area contributed by atoms with Gasteiger partial charge in [0.2, 0.25) is 5.82 Å². The van der Waals surface area contributed by atoms with Crippen LogP contribution in [0.5, 0.6) is 0 Å². The maximum atomic E-state index is 12.9. The molecule has 2 rings (SSSR count). The van der Waals surface area contributed by atoms with Crippen LogP contribution in [0.1, 0.15) is 36.6 Å². The standard InChI is InChI=1S/C12H13F6N3/c13-11(14,15)9-20-5-8(6-21-9)7(4-19)3-10(1-2-10)12(16,17)18/h5-7H,1-4,19H2/t7-/m1/s1. The highest BCUT2D eigenvalue weighted by Gasteiger charge is 2.63. The number of hydrogen-bond donors (Lipinski definition) is 1. The van der Waals surface area contributed by atoms with Crippen LogP contribution < -0.4 is 5.73 Å². The quantitative estimate of drug-likeness (QED) is 0.868. The number of rotatable bonds is 4. The zero-order valence-corrected chi connectivity index (χ0v) is 10.8. The van der Waals surface area contributed by atoms with E-state index in [4.69, 9.17) is 5.73 Å². The van der Waals surface area contributed by atoms with E-state index in [2.05, 4.69) is 9.97 Å². The molecular weight excluding hydrogens is 300 g/mol. The molecule has 0 saturated heterocycles. The molecule has 118 valence electrons. The summed E-state index contributed by atoms with van der Waals surface area (Å²) >= 11 is 0. The summed E-state index contributed by atoms with van der Waals surface area (Å²) in [4.78, 5) is 6.32. The molecule has 1 heterocycles. The minimum Gasteiger partial charge on any atom is -0.330 e. The largest absolute Gasteiger partial charge is 0.451 e. The zero-order valence-electron chi connectivity index (χ0n) is 10.8. The number of aromatic nitrogens is 2. The molecule has 1 aromatic rings. The highest BCUT2D eigenvalue weighted by atomic mass is 19.4. The second kappa shape index (κ2) is 5.11. The van der Waals surface area contributed by atoms with Gasteiger partial charge >= 0.3 is 12.4 Å². The Morgan fingerprint density at radius 3 is 1.95 bits per heavy atom. The summed E-state index contributed by atoms with van der Waals surface area (Å²) in [5.41, 5.74) is 3.89. The predicted octanol–water partition coefficient (Wildman–Crippen LogP) is 3.27. The van der Waals surface area contributed by atoms with Crippen LogP contribution in [0, 0.1) is 5.41 Å². The van der Waals surface area contributed by atoms with Crippen molar-refractivity contribution in [1.29, 1.82) is 0 Å². The lowest BCUT2D eigenvalue weighted by atomic mass is 9.87. The molecule has 0 bridgehead atoms. The SMILES string of the molecule is NC[C@@H](CC1(C(F)(F)F)CC1)c1cnc(C(F)(F)F)nc1. The van der Waals surface area contributed by atoms with Gasteiger partial charge in [-0.3, -0.25) is 0 Å². The fraction of sp³-hybridized carbons (Fsp3) is 0.667. The molecule has 1 atom stereocenters. The molecule has 1 aliphatic carbocycles. The monoisotopic (exact) mass is 313 g/mol. The van der Waals surface area contributed by atoms with Gasteiger partial charge in [-0.1, -0.05) is 0 Å². The third-order valence-electron chi connectivity index (χ3n) is 3.77. The van der Waals surface area contributed by atoms with Crippen molar-refractivity contribution < 1.29 is 26.3 Å². The Morgan fingerprint density at radius 1 is 1.10 bits per heavy atom. The normalized spacial score (nSPS) is 19.4. The van der Waals surface area contributed by atoms with E-state index in [1.807, 2.05) is 0 Å². The first-order chi connectivity index (χ1) is 9.59. The molecular formula is C12H13F6N3. The molecule has 0 aromatic carbocycles. The summed E-state index contributed by atoms with van der Waals surface area (Å²) in [6.07, 6.45) is -7.40. The minimum absolute atomic E-state index is 0.0223. The van der Waals surface area contributed by atoms with Crippen LogP contribution in [-0.2, 0) is 6.18 Å². The first kappa shape index (κ1) is 16.0. The second-order valence-electron chi connectivity index (χ2n) is 5.25. The van der Waals surface area contributed by atoms with Crippen molar-refractivity contribution in [2.24, 2.45) is 11.1 Å². The molecule has 1 saturated carbocycles. The molecule has 0 aliphatic heterocycles. The fourth-order valence-electron chi connectivity index (χ4n) is 2.26. The lowest BCUT2D eigenvalue weighted by Gasteiger charge is -2.24. The molecule has 1 aliphatic rings. The van der Waals surface area contributed by atoms with Crippen molar-refractivity contribution in [2.45, 2.75) is 37.5 Å². The molecule has 9 heteroatoms. The van der Waals surface area contributed by atoms with E-state index in [1.165, 1.54) is 0 Å². The molecule has 1 fully saturated rings. The number of nitrogens with zero attached hydrogens (tertiary/aromatic N) is 2. The Bertz CT molecular complexity index is 489. The van der Waals surface area contributed by atoms with Gasteiger partial charge in [-0.25, -0.2) is 9.97 Å².